The summed E-state index contributed by atoms with van der Waals surface area (Å²) in [6, 6.07) is 6.57. The molecule has 6 nitrogen and oxygen atoms in total. The third-order valence-electron chi connectivity index (χ3n) is 3.01. The van der Waals surface area contributed by atoms with Gasteiger partial charge in [0.2, 0.25) is 0 Å². The van der Waals surface area contributed by atoms with Gasteiger partial charge in [-0.05, 0) is 45.4 Å². The third kappa shape index (κ3) is 7.31. The first-order valence-corrected chi connectivity index (χ1v) is 8.48. The van der Waals surface area contributed by atoms with E-state index in [4.69, 9.17) is 9.47 Å². The van der Waals surface area contributed by atoms with Crippen LogP contribution in [0.3, 0.4) is 0 Å². The molecule has 0 spiro atoms. The molecule has 24 heavy (non-hydrogen) atoms. The van der Waals surface area contributed by atoms with Crippen LogP contribution in [0.25, 0.3) is 0 Å². The Hall–Kier alpha value is -1.60. The summed E-state index contributed by atoms with van der Waals surface area (Å²) in [6.07, 6.45) is -0.492. The second-order valence-electron chi connectivity index (χ2n) is 6.47. The maximum atomic E-state index is 12.0. The number of carbonyl (C=O) groups excluding carboxylic acids is 2. The predicted octanol–water partition coefficient (Wildman–Crippen LogP) is 3.17. The van der Waals surface area contributed by atoms with Crippen LogP contribution in [0, 0.1) is 0 Å². The van der Waals surface area contributed by atoms with Crippen molar-refractivity contribution in [2.24, 2.45) is 0 Å². The number of halogens is 1. The van der Waals surface area contributed by atoms with Gasteiger partial charge < -0.3 is 14.8 Å². The van der Waals surface area contributed by atoms with E-state index in [-0.39, 0.29) is 6.04 Å². The molecule has 0 bridgehead atoms. The lowest BCUT2D eigenvalue weighted by atomic mass is 10.1. The van der Waals surface area contributed by atoms with E-state index >= 15 is 0 Å². The van der Waals surface area contributed by atoms with Gasteiger partial charge in [0.15, 0.2) is 0 Å². The van der Waals surface area contributed by atoms with Crippen molar-refractivity contribution >= 4 is 28.0 Å². The molecule has 2 atom stereocenters. The Morgan fingerprint density at radius 1 is 1.29 bits per heavy atom. The fourth-order valence-electron chi connectivity index (χ4n) is 2.00. The quantitative estimate of drug-likeness (QED) is 0.717. The number of carbonyl (C=O) groups is 2. The van der Waals surface area contributed by atoms with Crippen LogP contribution in [0.2, 0.25) is 0 Å². The topological polar surface area (TPSA) is 76.7 Å². The fraction of sp³-hybridized carbons (Fsp3) is 0.529. The molecule has 1 aromatic carbocycles. The van der Waals surface area contributed by atoms with Gasteiger partial charge in [-0.3, -0.25) is 5.32 Å². The lowest BCUT2D eigenvalue weighted by molar-refractivity contribution is -0.143. The minimum absolute atomic E-state index is 0.223. The van der Waals surface area contributed by atoms with Crippen molar-refractivity contribution < 1.29 is 19.1 Å². The van der Waals surface area contributed by atoms with Gasteiger partial charge in [0.1, 0.15) is 11.6 Å². The zero-order chi connectivity index (χ0) is 18.3. The number of hydrogen-bond acceptors (Lipinski definition) is 5. The van der Waals surface area contributed by atoms with Crippen molar-refractivity contribution in [1.82, 2.24) is 10.6 Å². The van der Waals surface area contributed by atoms with Crippen molar-refractivity contribution in [2.45, 2.75) is 45.4 Å². The van der Waals surface area contributed by atoms with Gasteiger partial charge in [0.05, 0.1) is 7.11 Å². The first-order valence-electron chi connectivity index (χ1n) is 7.68. The second-order valence-corrected chi connectivity index (χ2v) is 7.38. The first-order chi connectivity index (χ1) is 11.1. The maximum absolute atomic E-state index is 12.0. The molecule has 1 unspecified atom stereocenters. The molecule has 0 aliphatic carbocycles. The minimum atomic E-state index is -0.615. The molecule has 7 heteroatoms. The van der Waals surface area contributed by atoms with Crippen molar-refractivity contribution in [2.75, 3.05) is 13.7 Å². The Morgan fingerprint density at radius 2 is 1.96 bits per heavy atom. The first kappa shape index (κ1) is 20.4. The number of alkyl carbamates (subject to hydrolysis) is 1. The highest BCUT2D eigenvalue weighted by atomic mass is 79.9. The van der Waals surface area contributed by atoms with Crippen LogP contribution in [0.15, 0.2) is 28.7 Å². The summed E-state index contributed by atoms with van der Waals surface area (Å²) in [5.74, 6) is -0.391. The van der Waals surface area contributed by atoms with Crippen LogP contribution < -0.4 is 10.6 Å². The summed E-state index contributed by atoms with van der Waals surface area (Å²) in [4.78, 5) is 23.8. The molecule has 1 aromatic rings. The molecule has 0 aliphatic rings. The SMILES string of the molecule is COC(=O)C(NC[C@@H](C)NC(=O)OC(C)(C)C)c1cccc(Br)c1. The standard InChI is InChI=1S/C17H25BrN2O4/c1-11(20-16(22)24-17(2,3)4)10-19-14(15(21)23-5)12-7-6-8-13(18)9-12/h6-9,11,14,19H,10H2,1-5H3,(H,20,22)/t11-,14?/m1/s1. The summed E-state index contributed by atoms with van der Waals surface area (Å²) in [5, 5.41) is 5.84. The van der Waals surface area contributed by atoms with E-state index in [1.54, 1.807) is 20.8 Å². The van der Waals surface area contributed by atoms with Gasteiger partial charge >= 0.3 is 12.1 Å². The summed E-state index contributed by atoms with van der Waals surface area (Å²) in [6.45, 7) is 7.61. The smallest absolute Gasteiger partial charge is 0.407 e. The highest BCUT2D eigenvalue weighted by molar-refractivity contribution is 9.10. The summed E-state index contributed by atoms with van der Waals surface area (Å²) in [5.41, 5.74) is 0.225. The number of nitrogens with one attached hydrogen (secondary N) is 2. The lowest BCUT2D eigenvalue weighted by Gasteiger charge is -2.23. The lowest BCUT2D eigenvalue weighted by Crippen LogP contribution is -2.44. The largest absolute Gasteiger partial charge is 0.468 e. The number of hydrogen-bond donors (Lipinski definition) is 2. The highest BCUT2D eigenvalue weighted by Crippen LogP contribution is 2.19. The molecular weight excluding hydrogens is 376 g/mol. The van der Waals surface area contributed by atoms with Crippen molar-refractivity contribution in [3.8, 4) is 0 Å². The highest BCUT2D eigenvalue weighted by Gasteiger charge is 2.23. The monoisotopic (exact) mass is 400 g/mol. The molecule has 0 saturated heterocycles. The Kier molecular flexibility index (Phi) is 7.69. The van der Waals surface area contributed by atoms with Crippen LogP contribution in [0.4, 0.5) is 4.79 Å². The zero-order valence-electron chi connectivity index (χ0n) is 14.7. The third-order valence-corrected chi connectivity index (χ3v) is 3.50. The van der Waals surface area contributed by atoms with Gasteiger partial charge in [-0.2, -0.15) is 0 Å². The number of benzene rings is 1. The van der Waals surface area contributed by atoms with Crippen LogP contribution in [0.1, 0.15) is 39.3 Å². The average molecular weight is 401 g/mol. The van der Waals surface area contributed by atoms with Gasteiger partial charge in [0, 0.05) is 17.1 Å². The fourth-order valence-corrected chi connectivity index (χ4v) is 2.41. The molecule has 2 N–H and O–H groups in total. The molecule has 0 saturated carbocycles. The summed E-state index contributed by atoms with van der Waals surface area (Å²) >= 11 is 3.39. The predicted molar refractivity (Wildman–Crippen MR) is 95.7 cm³/mol. The van der Waals surface area contributed by atoms with Crippen LogP contribution in [-0.2, 0) is 14.3 Å². The Bertz CT molecular complexity index is 572. The summed E-state index contributed by atoms with van der Waals surface area (Å²) in [7, 11) is 1.34. The maximum Gasteiger partial charge on any atom is 0.407 e. The van der Waals surface area contributed by atoms with Crippen molar-refractivity contribution in [3.63, 3.8) is 0 Å². The van der Waals surface area contributed by atoms with E-state index in [9.17, 15) is 9.59 Å². The Balaban J connectivity index is 2.65. The molecule has 134 valence electrons. The molecule has 0 aromatic heterocycles. The minimum Gasteiger partial charge on any atom is -0.468 e. The van der Waals surface area contributed by atoms with Gasteiger partial charge in [0.25, 0.3) is 0 Å². The van der Waals surface area contributed by atoms with E-state index in [2.05, 4.69) is 26.6 Å². The van der Waals surface area contributed by atoms with Crippen molar-refractivity contribution in [3.05, 3.63) is 34.3 Å². The number of amides is 1. The summed E-state index contributed by atoms with van der Waals surface area (Å²) < 4.78 is 10.9. The van der Waals surface area contributed by atoms with Crippen molar-refractivity contribution in [1.29, 1.82) is 0 Å². The molecular formula is C17H25BrN2O4. The van der Waals surface area contributed by atoms with E-state index in [1.165, 1.54) is 7.11 Å². The van der Waals surface area contributed by atoms with E-state index in [0.29, 0.717) is 6.54 Å². The van der Waals surface area contributed by atoms with Gasteiger partial charge in [-0.15, -0.1) is 0 Å². The Labute approximate surface area is 151 Å². The van der Waals surface area contributed by atoms with Crippen LogP contribution in [-0.4, -0.2) is 37.4 Å². The molecule has 0 heterocycles. The molecule has 0 aliphatic heterocycles. The van der Waals surface area contributed by atoms with Crippen LogP contribution >= 0.6 is 15.9 Å². The van der Waals surface area contributed by atoms with E-state index in [0.717, 1.165) is 10.0 Å². The zero-order valence-corrected chi connectivity index (χ0v) is 16.3. The molecule has 1 rings (SSSR count). The van der Waals surface area contributed by atoms with E-state index < -0.39 is 23.7 Å². The Morgan fingerprint density at radius 3 is 2.50 bits per heavy atom. The number of rotatable bonds is 6. The second kappa shape index (κ2) is 9.03. The number of esters is 1. The number of methoxy groups -OCH3 is 1. The normalized spacial score (nSPS) is 13.8. The molecule has 0 fully saturated rings. The molecule has 1 amide bonds. The average Bonchev–Trinajstić information content (AvgIpc) is 2.45. The van der Waals surface area contributed by atoms with E-state index in [1.807, 2.05) is 31.2 Å². The van der Waals surface area contributed by atoms with Gasteiger partial charge in [-0.1, -0.05) is 28.1 Å². The van der Waals surface area contributed by atoms with Gasteiger partial charge in [-0.25, -0.2) is 9.59 Å². The van der Waals surface area contributed by atoms with Crippen LogP contribution in [0.5, 0.6) is 0 Å². The molecule has 0 radical (unpaired) electrons. The number of ether oxygens (including phenoxy) is 2.